The van der Waals surface area contributed by atoms with E-state index in [0.717, 1.165) is 11.8 Å². The predicted octanol–water partition coefficient (Wildman–Crippen LogP) is 3.29. The van der Waals surface area contributed by atoms with Crippen molar-refractivity contribution in [2.24, 2.45) is 0 Å². The summed E-state index contributed by atoms with van der Waals surface area (Å²) in [7, 11) is 0. The van der Waals surface area contributed by atoms with Gasteiger partial charge in [-0.3, -0.25) is 0 Å². The first kappa shape index (κ1) is 12.0. The summed E-state index contributed by atoms with van der Waals surface area (Å²) in [6.07, 6.45) is 2.72. The Bertz CT molecular complexity index is 322. The Hall–Kier alpha value is -0.470. The second-order valence-electron chi connectivity index (χ2n) is 4.80. The van der Waals surface area contributed by atoms with Gasteiger partial charge in [0.15, 0.2) is 0 Å². The highest BCUT2D eigenvalue weighted by Gasteiger charge is 2.13. The summed E-state index contributed by atoms with van der Waals surface area (Å²) in [4.78, 5) is 0. The van der Waals surface area contributed by atoms with Crippen LogP contribution < -0.4 is 5.32 Å². The summed E-state index contributed by atoms with van der Waals surface area (Å²) in [5.74, 6) is 2.41. The maximum atomic E-state index is 3.54. The molecule has 1 atom stereocenters. The lowest BCUT2D eigenvalue weighted by Gasteiger charge is -2.10. The van der Waals surface area contributed by atoms with Crippen molar-refractivity contribution in [1.29, 1.82) is 0 Å². The zero-order valence-electron chi connectivity index (χ0n) is 10.3. The third-order valence-electron chi connectivity index (χ3n) is 3.03. The van der Waals surface area contributed by atoms with E-state index in [1.807, 2.05) is 0 Å². The van der Waals surface area contributed by atoms with Gasteiger partial charge in [0, 0.05) is 17.5 Å². The van der Waals surface area contributed by atoms with Crippen LogP contribution >= 0.6 is 11.8 Å². The molecule has 16 heavy (non-hydrogen) atoms. The lowest BCUT2D eigenvalue weighted by molar-refractivity contribution is 0.674. The molecule has 88 valence electrons. The second-order valence-corrected chi connectivity index (χ2v) is 5.83. The van der Waals surface area contributed by atoms with Crippen LogP contribution in [0.4, 0.5) is 0 Å². The zero-order chi connectivity index (χ0) is 11.4. The Morgan fingerprint density at radius 1 is 1.25 bits per heavy atom. The Balaban J connectivity index is 1.80. The van der Waals surface area contributed by atoms with Crippen LogP contribution in [-0.4, -0.2) is 18.3 Å². The lowest BCUT2D eigenvalue weighted by Crippen LogP contribution is -2.23. The van der Waals surface area contributed by atoms with Crippen LogP contribution in [0.25, 0.3) is 0 Å². The number of rotatable bonds is 4. The van der Waals surface area contributed by atoms with Crippen LogP contribution in [0.1, 0.15) is 29.5 Å². The third kappa shape index (κ3) is 3.53. The molecule has 1 nitrogen and oxygen atoms in total. The Kier molecular flexibility index (Phi) is 4.30. The largest absolute Gasteiger partial charge is 0.313 e. The average molecular weight is 235 g/mol. The molecule has 2 heteroatoms. The molecule has 1 heterocycles. The first-order chi connectivity index (χ1) is 7.74. The van der Waals surface area contributed by atoms with E-state index in [0.29, 0.717) is 0 Å². The van der Waals surface area contributed by atoms with Gasteiger partial charge in [0.2, 0.25) is 0 Å². The Morgan fingerprint density at radius 2 is 2.00 bits per heavy atom. The van der Waals surface area contributed by atoms with Crippen molar-refractivity contribution in [3.05, 3.63) is 34.9 Å². The molecule has 0 bridgehead atoms. The summed E-state index contributed by atoms with van der Waals surface area (Å²) in [6.45, 7) is 5.58. The normalized spacial score (nSPS) is 20.2. The molecule has 0 spiro atoms. The molecule has 0 aromatic heterocycles. The average Bonchev–Trinajstić information content (AvgIpc) is 2.69. The van der Waals surface area contributed by atoms with Crippen molar-refractivity contribution in [2.75, 3.05) is 12.3 Å². The fraction of sp³-hybridized carbons (Fsp3) is 0.571. The van der Waals surface area contributed by atoms with Gasteiger partial charge in [-0.25, -0.2) is 0 Å². The maximum absolute atomic E-state index is 3.54. The second kappa shape index (κ2) is 5.74. The van der Waals surface area contributed by atoms with E-state index in [1.54, 1.807) is 0 Å². The van der Waals surface area contributed by atoms with Gasteiger partial charge in [0.05, 0.1) is 0 Å². The van der Waals surface area contributed by atoms with Gasteiger partial charge in [-0.15, -0.1) is 0 Å². The summed E-state index contributed by atoms with van der Waals surface area (Å²) >= 11 is 2.06. The van der Waals surface area contributed by atoms with Crippen molar-refractivity contribution >= 4 is 11.8 Å². The van der Waals surface area contributed by atoms with E-state index in [4.69, 9.17) is 0 Å². The molecule has 1 unspecified atom stereocenters. The van der Waals surface area contributed by atoms with Crippen molar-refractivity contribution in [1.82, 2.24) is 5.32 Å². The van der Waals surface area contributed by atoms with Gasteiger partial charge in [-0.05, 0) is 38.8 Å². The molecule has 2 rings (SSSR count). The number of thioether (sulfide) groups is 1. The molecule has 1 aromatic carbocycles. The molecular formula is C14H21NS. The van der Waals surface area contributed by atoms with Crippen molar-refractivity contribution in [2.45, 2.75) is 38.5 Å². The fourth-order valence-electron chi connectivity index (χ4n) is 2.37. The van der Waals surface area contributed by atoms with E-state index in [1.165, 1.54) is 41.8 Å². The zero-order valence-corrected chi connectivity index (χ0v) is 11.1. The molecule has 1 aliphatic rings. The van der Waals surface area contributed by atoms with Crippen molar-refractivity contribution < 1.29 is 0 Å². The lowest BCUT2D eigenvalue weighted by atomic mass is 10.1. The van der Waals surface area contributed by atoms with Gasteiger partial charge in [-0.2, -0.15) is 11.8 Å². The molecule has 1 fully saturated rings. The van der Waals surface area contributed by atoms with Crippen LogP contribution in [0.5, 0.6) is 0 Å². The van der Waals surface area contributed by atoms with E-state index >= 15 is 0 Å². The molecule has 1 aromatic rings. The number of nitrogens with one attached hydrogen (secondary N) is 1. The van der Waals surface area contributed by atoms with Gasteiger partial charge in [0.1, 0.15) is 0 Å². The van der Waals surface area contributed by atoms with E-state index in [9.17, 15) is 0 Å². The first-order valence-electron chi connectivity index (χ1n) is 6.12. The Labute approximate surface area is 103 Å². The van der Waals surface area contributed by atoms with Crippen LogP contribution in [0.3, 0.4) is 0 Å². The summed E-state index contributed by atoms with van der Waals surface area (Å²) < 4.78 is 0. The van der Waals surface area contributed by atoms with Gasteiger partial charge in [0.25, 0.3) is 0 Å². The number of aryl methyl sites for hydroxylation is 2. The molecule has 0 amide bonds. The van der Waals surface area contributed by atoms with Crippen LogP contribution in [0, 0.1) is 13.8 Å². The standard InChI is InChI=1S/C14H21NS/c1-11-6-12(2)8-13(7-11)9-16-10-14-4-3-5-15-14/h6-8,14-15H,3-5,9-10H2,1-2H3. The van der Waals surface area contributed by atoms with Crippen LogP contribution in [-0.2, 0) is 5.75 Å². The predicted molar refractivity (Wildman–Crippen MR) is 73.1 cm³/mol. The highest BCUT2D eigenvalue weighted by Crippen LogP contribution is 2.18. The summed E-state index contributed by atoms with van der Waals surface area (Å²) in [5, 5.41) is 3.54. The SMILES string of the molecule is Cc1cc(C)cc(CSCC2CCCN2)c1. The molecule has 0 saturated carbocycles. The van der Waals surface area contributed by atoms with Crippen LogP contribution in [0.15, 0.2) is 18.2 Å². The molecule has 1 saturated heterocycles. The Morgan fingerprint density at radius 3 is 2.62 bits per heavy atom. The van der Waals surface area contributed by atoms with E-state index in [-0.39, 0.29) is 0 Å². The van der Waals surface area contributed by atoms with Gasteiger partial charge >= 0.3 is 0 Å². The molecular weight excluding hydrogens is 214 g/mol. The van der Waals surface area contributed by atoms with Gasteiger partial charge in [-0.1, -0.05) is 29.3 Å². The summed E-state index contributed by atoms with van der Waals surface area (Å²) in [6, 6.07) is 7.62. The molecule has 0 aliphatic carbocycles. The van der Waals surface area contributed by atoms with Gasteiger partial charge < -0.3 is 5.32 Å². The van der Waals surface area contributed by atoms with Crippen molar-refractivity contribution in [3.8, 4) is 0 Å². The van der Waals surface area contributed by atoms with E-state index in [2.05, 4.69) is 49.1 Å². The fourth-order valence-corrected chi connectivity index (χ4v) is 3.46. The number of hydrogen-bond donors (Lipinski definition) is 1. The monoisotopic (exact) mass is 235 g/mol. The highest BCUT2D eigenvalue weighted by atomic mass is 32.2. The van der Waals surface area contributed by atoms with Crippen LogP contribution in [0.2, 0.25) is 0 Å². The van der Waals surface area contributed by atoms with Crippen molar-refractivity contribution in [3.63, 3.8) is 0 Å². The molecule has 1 aliphatic heterocycles. The highest BCUT2D eigenvalue weighted by molar-refractivity contribution is 7.98. The minimum atomic E-state index is 0.760. The minimum Gasteiger partial charge on any atom is -0.313 e. The third-order valence-corrected chi connectivity index (χ3v) is 4.21. The maximum Gasteiger partial charge on any atom is 0.0185 e. The summed E-state index contributed by atoms with van der Waals surface area (Å²) in [5.41, 5.74) is 4.24. The molecule has 1 N–H and O–H groups in total. The number of benzene rings is 1. The topological polar surface area (TPSA) is 12.0 Å². The first-order valence-corrected chi connectivity index (χ1v) is 7.28. The quantitative estimate of drug-likeness (QED) is 0.859. The smallest absolute Gasteiger partial charge is 0.0185 e. The molecule has 0 radical (unpaired) electrons. The number of hydrogen-bond acceptors (Lipinski definition) is 2. The minimum absolute atomic E-state index is 0.760. The van der Waals surface area contributed by atoms with E-state index < -0.39 is 0 Å².